The lowest BCUT2D eigenvalue weighted by Crippen LogP contribution is -2.28. The summed E-state index contributed by atoms with van der Waals surface area (Å²) in [5.74, 6) is 0. The second kappa shape index (κ2) is 5.31. The van der Waals surface area contributed by atoms with Gasteiger partial charge in [0.2, 0.25) is 0 Å². The maximum absolute atomic E-state index is 2.47. The van der Waals surface area contributed by atoms with E-state index in [9.17, 15) is 0 Å². The maximum atomic E-state index is 2.47. The molecule has 0 N–H and O–H groups in total. The average Bonchev–Trinajstić information content (AvgIpc) is 2.48. The summed E-state index contributed by atoms with van der Waals surface area (Å²) in [6.45, 7) is 4.36. The van der Waals surface area contributed by atoms with Crippen LogP contribution in [0.2, 0.25) is 0 Å². The van der Waals surface area contributed by atoms with Crippen LogP contribution in [-0.4, -0.2) is 11.4 Å². The zero-order chi connectivity index (χ0) is 13.1. The minimum Gasteiger partial charge on any atom is -0.370 e. The first kappa shape index (κ1) is 12.0. The molecule has 2 aromatic carbocycles. The van der Waals surface area contributed by atoms with E-state index in [4.69, 9.17) is 0 Å². The predicted octanol–water partition coefficient (Wildman–Crippen LogP) is 4.11. The third kappa shape index (κ3) is 2.70. The molecule has 0 saturated carbocycles. The third-order valence-corrected chi connectivity index (χ3v) is 3.80. The highest BCUT2D eigenvalue weighted by atomic mass is 15.1. The third-order valence-electron chi connectivity index (χ3n) is 3.80. The maximum Gasteiger partial charge on any atom is 0.0429 e. The number of hydrogen-bond acceptors (Lipinski definition) is 1. The summed E-state index contributed by atoms with van der Waals surface area (Å²) in [7, 11) is 0. The topological polar surface area (TPSA) is 3.24 Å². The molecule has 0 aliphatic carbocycles. The van der Waals surface area contributed by atoms with Gasteiger partial charge in [-0.25, -0.2) is 0 Å². The molecule has 3 rings (SSSR count). The number of nitrogens with zero attached hydrogens (tertiary/aromatic N) is 1. The summed E-state index contributed by atoms with van der Waals surface area (Å²) in [5, 5.41) is 0. The van der Waals surface area contributed by atoms with Crippen molar-refractivity contribution in [3.63, 3.8) is 0 Å². The van der Waals surface area contributed by atoms with Crippen molar-refractivity contribution in [1.29, 1.82) is 0 Å². The van der Waals surface area contributed by atoms with Crippen molar-refractivity contribution in [2.45, 2.75) is 19.9 Å². The van der Waals surface area contributed by atoms with Crippen molar-refractivity contribution in [1.82, 2.24) is 4.90 Å². The molecular formula is C18H19N. The van der Waals surface area contributed by atoms with Crippen LogP contribution in [-0.2, 0) is 13.0 Å². The first-order chi connectivity index (χ1) is 9.33. The Bertz CT molecular complexity index is 584. The van der Waals surface area contributed by atoms with Crippen LogP contribution in [0, 0.1) is 0 Å². The molecule has 0 aromatic heterocycles. The molecule has 0 unspecified atom stereocenters. The van der Waals surface area contributed by atoms with E-state index < -0.39 is 0 Å². The van der Waals surface area contributed by atoms with Gasteiger partial charge in [0.15, 0.2) is 0 Å². The van der Waals surface area contributed by atoms with E-state index in [1.807, 2.05) is 0 Å². The molecule has 0 atom stereocenters. The average molecular weight is 249 g/mol. The summed E-state index contributed by atoms with van der Waals surface area (Å²) in [6, 6.07) is 19.3. The van der Waals surface area contributed by atoms with E-state index in [1.165, 1.54) is 22.4 Å². The van der Waals surface area contributed by atoms with Gasteiger partial charge in [-0.05, 0) is 36.1 Å². The van der Waals surface area contributed by atoms with Crippen molar-refractivity contribution < 1.29 is 0 Å². The van der Waals surface area contributed by atoms with Gasteiger partial charge < -0.3 is 4.90 Å². The minimum absolute atomic E-state index is 1.03. The molecule has 1 aliphatic rings. The van der Waals surface area contributed by atoms with E-state index >= 15 is 0 Å². The molecule has 19 heavy (non-hydrogen) atoms. The van der Waals surface area contributed by atoms with Crippen molar-refractivity contribution in [3.05, 3.63) is 77.0 Å². The van der Waals surface area contributed by atoms with Crippen LogP contribution in [0.15, 0.2) is 60.3 Å². The van der Waals surface area contributed by atoms with E-state index in [0.29, 0.717) is 0 Å². The molecule has 96 valence electrons. The molecule has 0 spiro atoms. The van der Waals surface area contributed by atoms with Crippen LogP contribution in [0.4, 0.5) is 0 Å². The molecular weight excluding hydrogens is 230 g/mol. The number of allylic oxidation sites excluding steroid dienone is 1. The first-order valence-electron chi connectivity index (χ1n) is 6.88. The van der Waals surface area contributed by atoms with Gasteiger partial charge in [0, 0.05) is 18.8 Å². The van der Waals surface area contributed by atoms with Crippen LogP contribution in [0.1, 0.15) is 23.6 Å². The van der Waals surface area contributed by atoms with Gasteiger partial charge in [0.05, 0.1) is 0 Å². The molecule has 1 heteroatoms. The van der Waals surface area contributed by atoms with Gasteiger partial charge in [-0.1, -0.05) is 54.6 Å². The number of fused-ring (bicyclic) bond motifs is 1. The monoisotopic (exact) mass is 249 g/mol. The first-order valence-corrected chi connectivity index (χ1v) is 6.88. The Balaban J connectivity index is 1.80. The Morgan fingerprint density at radius 1 is 0.947 bits per heavy atom. The lowest BCUT2D eigenvalue weighted by molar-refractivity contribution is 0.326. The normalized spacial score (nSPS) is 15.2. The van der Waals surface area contributed by atoms with E-state index in [2.05, 4.69) is 72.5 Å². The van der Waals surface area contributed by atoms with Gasteiger partial charge in [0.1, 0.15) is 0 Å². The van der Waals surface area contributed by atoms with Gasteiger partial charge in [-0.3, -0.25) is 0 Å². The van der Waals surface area contributed by atoms with E-state index in [0.717, 1.165) is 19.5 Å². The summed E-state index contributed by atoms with van der Waals surface area (Å²) in [4.78, 5) is 2.47. The van der Waals surface area contributed by atoms with Crippen LogP contribution in [0.5, 0.6) is 0 Å². The number of benzene rings is 2. The Morgan fingerprint density at radius 2 is 1.63 bits per heavy atom. The molecule has 0 amide bonds. The van der Waals surface area contributed by atoms with Crippen LogP contribution in [0.25, 0.3) is 6.08 Å². The second-order valence-corrected chi connectivity index (χ2v) is 5.14. The van der Waals surface area contributed by atoms with Gasteiger partial charge in [-0.15, -0.1) is 0 Å². The van der Waals surface area contributed by atoms with Crippen molar-refractivity contribution in [3.8, 4) is 0 Å². The minimum atomic E-state index is 1.03. The predicted molar refractivity (Wildman–Crippen MR) is 80.6 cm³/mol. The standard InChI is InChI=1S/C18H19N/c1-15(13-16-7-3-2-4-8-16)19-12-11-17-9-5-6-10-18(17)14-19/h2-10,13H,11-12,14H2,1H3/b15-13+. The molecule has 0 bridgehead atoms. The highest BCUT2D eigenvalue weighted by Crippen LogP contribution is 2.22. The highest BCUT2D eigenvalue weighted by Gasteiger charge is 2.15. The fraction of sp³-hybridized carbons (Fsp3) is 0.222. The van der Waals surface area contributed by atoms with E-state index in [-0.39, 0.29) is 0 Å². The Morgan fingerprint density at radius 3 is 2.42 bits per heavy atom. The van der Waals surface area contributed by atoms with Gasteiger partial charge in [-0.2, -0.15) is 0 Å². The fourth-order valence-electron chi connectivity index (χ4n) is 2.68. The van der Waals surface area contributed by atoms with Crippen molar-refractivity contribution >= 4 is 6.08 Å². The highest BCUT2D eigenvalue weighted by molar-refractivity contribution is 5.51. The quantitative estimate of drug-likeness (QED) is 0.774. The fourth-order valence-corrected chi connectivity index (χ4v) is 2.68. The summed E-state index contributed by atoms with van der Waals surface area (Å²) < 4.78 is 0. The smallest absolute Gasteiger partial charge is 0.0429 e. The zero-order valence-corrected chi connectivity index (χ0v) is 11.3. The molecule has 2 aromatic rings. The SMILES string of the molecule is C/C(=C\c1ccccc1)N1CCc2ccccc2C1. The van der Waals surface area contributed by atoms with Crippen LogP contribution >= 0.6 is 0 Å². The van der Waals surface area contributed by atoms with Crippen LogP contribution in [0.3, 0.4) is 0 Å². The van der Waals surface area contributed by atoms with Crippen LogP contribution < -0.4 is 0 Å². The summed E-state index contributed by atoms with van der Waals surface area (Å²) in [5.41, 5.74) is 5.60. The number of hydrogen-bond donors (Lipinski definition) is 0. The molecule has 0 fully saturated rings. The largest absolute Gasteiger partial charge is 0.370 e. The molecule has 1 aliphatic heterocycles. The Labute approximate surface area is 115 Å². The number of rotatable bonds is 2. The van der Waals surface area contributed by atoms with Crippen molar-refractivity contribution in [2.75, 3.05) is 6.54 Å². The van der Waals surface area contributed by atoms with Crippen molar-refractivity contribution in [2.24, 2.45) is 0 Å². The lowest BCUT2D eigenvalue weighted by atomic mass is 9.99. The molecule has 0 radical (unpaired) electrons. The molecule has 0 saturated heterocycles. The lowest BCUT2D eigenvalue weighted by Gasteiger charge is -2.31. The molecule has 1 heterocycles. The van der Waals surface area contributed by atoms with Gasteiger partial charge in [0.25, 0.3) is 0 Å². The zero-order valence-electron chi connectivity index (χ0n) is 11.3. The molecule has 1 nitrogen and oxygen atoms in total. The Hall–Kier alpha value is -2.02. The Kier molecular flexibility index (Phi) is 3.37. The van der Waals surface area contributed by atoms with Gasteiger partial charge >= 0.3 is 0 Å². The van der Waals surface area contributed by atoms with E-state index in [1.54, 1.807) is 0 Å². The summed E-state index contributed by atoms with van der Waals surface area (Å²) in [6.07, 6.45) is 3.42. The summed E-state index contributed by atoms with van der Waals surface area (Å²) >= 11 is 0. The second-order valence-electron chi connectivity index (χ2n) is 5.14.